The van der Waals surface area contributed by atoms with E-state index in [2.05, 4.69) is 15.9 Å². The van der Waals surface area contributed by atoms with Crippen LogP contribution in [0.1, 0.15) is 31.2 Å². The highest BCUT2D eigenvalue weighted by molar-refractivity contribution is 9.10. The number of hydrogen-bond acceptors (Lipinski definition) is 3. The summed E-state index contributed by atoms with van der Waals surface area (Å²) in [7, 11) is 1.76. The number of nitrogen functional groups attached to an aromatic ring is 1. The highest BCUT2D eigenvalue weighted by Gasteiger charge is 2.23. The number of hydrogen-bond donors (Lipinski definition) is 2. The summed E-state index contributed by atoms with van der Waals surface area (Å²) in [6.45, 7) is 0. The number of rotatable bonds is 4. The van der Waals surface area contributed by atoms with Crippen LogP contribution in [-0.2, 0) is 4.74 Å². The van der Waals surface area contributed by atoms with E-state index in [1.807, 2.05) is 12.1 Å². The molecule has 3 N–H and O–H groups in total. The molecule has 0 aromatic heterocycles. The fourth-order valence-corrected chi connectivity index (χ4v) is 2.97. The standard InChI is InChI=1S/C14H19BrN2O2/c1-18-9-3-2-4-10(7-9)19-11-5-6-12(14(16)17)13(15)8-11/h5-6,8-10H,2-4,7H2,1H3,(H3,16,17). The lowest BCUT2D eigenvalue weighted by molar-refractivity contribution is 0.0209. The Labute approximate surface area is 121 Å². The zero-order valence-corrected chi connectivity index (χ0v) is 12.6. The van der Waals surface area contributed by atoms with Gasteiger partial charge < -0.3 is 15.2 Å². The SMILES string of the molecule is COC1CCCC(Oc2ccc(C(=N)N)c(Br)c2)C1. The lowest BCUT2D eigenvalue weighted by Gasteiger charge is -2.28. The molecule has 1 saturated carbocycles. The molecule has 1 fully saturated rings. The van der Waals surface area contributed by atoms with Crippen molar-refractivity contribution >= 4 is 21.8 Å². The van der Waals surface area contributed by atoms with Crippen LogP contribution in [0, 0.1) is 5.41 Å². The van der Waals surface area contributed by atoms with Crippen LogP contribution in [0.3, 0.4) is 0 Å². The second kappa shape index (κ2) is 6.39. The average molecular weight is 327 g/mol. The molecule has 2 atom stereocenters. The number of amidine groups is 1. The van der Waals surface area contributed by atoms with Crippen molar-refractivity contribution < 1.29 is 9.47 Å². The van der Waals surface area contributed by atoms with Gasteiger partial charge in [0.1, 0.15) is 17.7 Å². The van der Waals surface area contributed by atoms with Gasteiger partial charge in [-0.3, -0.25) is 5.41 Å². The molecular weight excluding hydrogens is 308 g/mol. The van der Waals surface area contributed by atoms with Gasteiger partial charge in [-0.2, -0.15) is 0 Å². The molecule has 0 heterocycles. The van der Waals surface area contributed by atoms with Gasteiger partial charge in [-0.25, -0.2) is 0 Å². The predicted octanol–water partition coefficient (Wildman–Crippen LogP) is 3.07. The molecule has 0 saturated heterocycles. The van der Waals surface area contributed by atoms with Crippen LogP contribution in [0.15, 0.2) is 22.7 Å². The molecule has 5 heteroatoms. The fourth-order valence-electron chi connectivity index (χ4n) is 2.40. The van der Waals surface area contributed by atoms with E-state index in [9.17, 15) is 0 Å². The summed E-state index contributed by atoms with van der Waals surface area (Å²) >= 11 is 3.41. The third kappa shape index (κ3) is 3.70. The number of ether oxygens (including phenoxy) is 2. The van der Waals surface area contributed by atoms with Gasteiger partial charge in [0.25, 0.3) is 0 Å². The van der Waals surface area contributed by atoms with Gasteiger partial charge in [-0.1, -0.05) is 0 Å². The molecule has 2 unspecified atom stereocenters. The molecule has 0 bridgehead atoms. The van der Waals surface area contributed by atoms with E-state index >= 15 is 0 Å². The van der Waals surface area contributed by atoms with Gasteiger partial charge >= 0.3 is 0 Å². The summed E-state index contributed by atoms with van der Waals surface area (Å²) in [4.78, 5) is 0. The summed E-state index contributed by atoms with van der Waals surface area (Å²) in [5.74, 6) is 0.856. The Bertz CT molecular complexity index is 465. The van der Waals surface area contributed by atoms with Crippen molar-refractivity contribution in [2.45, 2.75) is 37.9 Å². The minimum Gasteiger partial charge on any atom is -0.490 e. The molecule has 0 amide bonds. The minimum absolute atomic E-state index is 0.0514. The molecule has 4 nitrogen and oxygen atoms in total. The smallest absolute Gasteiger partial charge is 0.123 e. The van der Waals surface area contributed by atoms with Crippen molar-refractivity contribution in [3.8, 4) is 5.75 Å². The predicted molar refractivity (Wildman–Crippen MR) is 78.8 cm³/mol. The van der Waals surface area contributed by atoms with Crippen molar-refractivity contribution in [1.82, 2.24) is 0 Å². The Morgan fingerprint density at radius 1 is 1.37 bits per heavy atom. The van der Waals surface area contributed by atoms with Gasteiger partial charge in [0.15, 0.2) is 0 Å². The van der Waals surface area contributed by atoms with E-state index in [1.165, 1.54) is 0 Å². The Kier molecular flexibility index (Phi) is 4.82. The quantitative estimate of drug-likeness (QED) is 0.660. The van der Waals surface area contributed by atoms with Crippen LogP contribution in [0.5, 0.6) is 5.75 Å². The highest BCUT2D eigenvalue weighted by atomic mass is 79.9. The monoisotopic (exact) mass is 326 g/mol. The highest BCUT2D eigenvalue weighted by Crippen LogP contribution is 2.28. The van der Waals surface area contributed by atoms with E-state index in [1.54, 1.807) is 13.2 Å². The zero-order chi connectivity index (χ0) is 13.8. The Hall–Kier alpha value is -1.07. The third-order valence-electron chi connectivity index (χ3n) is 3.44. The first kappa shape index (κ1) is 14.3. The first-order valence-electron chi connectivity index (χ1n) is 6.43. The Morgan fingerprint density at radius 3 is 2.74 bits per heavy atom. The maximum Gasteiger partial charge on any atom is 0.123 e. The molecule has 2 rings (SSSR count). The molecule has 1 aromatic carbocycles. The molecule has 1 aromatic rings. The summed E-state index contributed by atoms with van der Waals surface area (Å²) in [6.07, 6.45) is 4.75. The Morgan fingerprint density at radius 2 is 2.11 bits per heavy atom. The van der Waals surface area contributed by atoms with Crippen molar-refractivity contribution in [3.63, 3.8) is 0 Å². The molecule has 104 valence electrons. The lowest BCUT2D eigenvalue weighted by Crippen LogP contribution is -2.29. The lowest BCUT2D eigenvalue weighted by atomic mass is 9.95. The van der Waals surface area contributed by atoms with Crippen LogP contribution in [-0.4, -0.2) is 25.2 Å². The van der Waals surface area contributed by atoms with Crippen molar-refractivity contribution in [2.24, 2.45) is 5.73 Å². The fraction of sp³-hybridized carbons (Fsp3) is 0.500. The first-order chi connectivity index (χ1) is 9.10. The van der Waals surface area contributed by atoms with Crippen LogP contribution in [0.25, 0.3) is 0 Å². The largest absolute Gasteiger partial charge is 0.490 e. The maximum atomic E-state index is 7.44. The molecule has 0 spiro atoms. The van der Waals surface area contributed by atoms with E-state index < -0.39 is 0 Å². The number of halogens is 1. The minimum atomic E-state index is 0.0514. The van der Waals surface area contributed by atoms with Gasteiger partial charge in [0.05, 0.1) is 6.10 Å². The number of nitrogens with two attached hydrogens (primary N) is 1. The number of benzene rings is 1. The summed E-state index contributed by atoms with van der Waals surface area (Å²) in [5.41, 5.74) is 6.17. The molecule has 0 aliphatic heterocycles. The van der Waals surface area contributed by atoms with E-state index in [0.717, 1.165) is 35.9 Å². The van der Waals surface area contributed by atoms with E-state index in [4.69, 9.17) is 20.6 Å². The van der Waals surface area contributed by atoms with E-state index in [0.29, 0.717) is 11.7 Å². The van der Waals surface area contributed by atoms with Crippen molar-refractivity contribution in [3.05, 3.63) is 28.2 Å². The van der Waals surface area contributed by atoms with Crippen LogP contribution < -0.4 is 10.5 Å². The van der Waals surface area contributed by atoms with E-state index in [-0.39, 0.29) is 11.9 Å². The van der Waals surface area contributed by atoms with Gasteiger partial charge in [-0.05, 0) is 53.4 Å². The summed E-state index contributed by atoms with van der Waals surface area (Å²) < 4.78 is 12.2. The maximum absolute atomic E-state index is 7.44. The zero-order valence-electron chi connectivity index (χ0n) is 11.0. The van der Waals surface area contributed by atoms with Crippen molar-refractivity contribution in [2.75, 3.05) is 7.11 Å². The number of nitrogens with one attached hydrogen (secondary N) is 1. The van der Waals surface area contributed by atoms with Crippen LogP contribution >= 0.6 is 15.9 Å². The molecule has 0 radical (unpaired) electrons. The molecule has 19 heavy (non-hydrogen) atoms. The van der Waals surface area contributed by atoms with Crippen LogP contribution in [0.2, 0.25) is 0 Å². The van der Waals surface area contributed by atoms with Gasteiger partial charge in [0.2, 0.25) is 0 Å². The summed E-state index contributed by atoms with van der Waals surface area (Å²) in [5, 5.41) is 7.44. The second-order valence-electron chi connectivity index (χ2n) is 4.82. The van der Waals surface area contributed by atoms with Gasteiger partial charge in [-0.15, -0.1) is 0 Å². The summed E-state index contributed by atoms with van der Waals surface area (Å²) in [6, 6.07) is 5.53. The topological polar surface area (TPSA) is 68.3 Å². The second-order valence-corrected chi connectivity index (χ2v) is 5.67. The number of methoxy groups -OCH3 is 1. The molecule has 1 aliphatic rings. The molecule has 1 aliphatic carbocycles. The molecular formula is C14H19BrN2O2. The van der Waals surface area contributed by atoms with Gasteiger partial charge in [0, 0.05) is 23.6 Å². The Balaban J connectivity index is 2.03. The third-order valence-corrected chi connectivity index (χ3v) is 4.10. The normalized spacial score (nSPS) is 23.1. The van der Waals surface area contributed by atoms with Crippen molar-refractivity contribution in [1.29, 1.82) is 5.41 Å². The first-order valence-corrected chi connectivity index (χ1v) is 7.23. The van der Waals surface area contributed by atoms with Crippen LogP contribution in [0.4, 0.5) is 0 Å². The average Bonchev–Trinajstić information content (AvgIpc) is 2.38.